The van der Waals surface area contributed by atoms with Gasteiger partial charge in [-0.2, -0.15) is 0 Å². The molecule has 1 aromatic rings. The first-order valence-electron chi connectivity index (χ1n) is 5.98. The van der Waals surface area contributed by atoms with Gasteiger partial charge in [-0.25, -0.2) is 4.79 Å². The van der Waals surface area contributed by atoms with Gasteiger partial charge in [-0.15, -0.1) is 23.7 Å². The quantitative estimate of drug-likeness (QED) is 0.687. The zero-order valence-corrected chi connectivity index (χ0v) is 13.1. The number of carboxylic acids is 1. The zero-order chi connectivity index (χ0) is 15.0. The molecule has 0 bridgehead atoms. The van der Waals surface area contributed by atoms with Gasteiger partial charge >= 0.3 is 12.0 Å². The molecule has 0 saturated carbocycles. The highest BCUT2D eigenvalue weighted by atomic mass is 35.5. The molecule has 7 nitrogen and oxygen atoms in total. The maximum Gasteiger partial charge on any atom is 0.321 e. The predicted octanol–water partition coefficient (Wildman–Crippen LogP) is 0.902. The Morgan fingerprint density at radius 2 is 2.10 bits per heavy atom. The summed E-state index contributed by atoms with van der Waals surface area (Å²) in [5.41, 5.74) is 0. The summed E-state index contributed by atoms with van der Waals surface area (Å²) < 4.78 is 0. The fourth-order valence-electron chi connectivity index (χ4n) is 1.40. The molecule has 0 radical (unpaired) electrons. The molecular formula is C12H18ClN3O4S. The van der Waals surface area contributed by atoms with Gasteiger partial charge in [0.25, 0.3) is 0 Å². The molecule has 1 rings (SSSR count). The first kappa shape index (κ1) is 19.4. The molecule has 1 heterocycles. The Morgan fingerprint density at radius 1 is 1.38 bits per heavy atom. The van der Waals surface area contributed by atoms with Crippen molar-refractivity contribution in [2.75, 3.05) is 20.1 Å². The van der Waals surface area contributed by atoms with Gasteiger partial charge in [-0.05, 0) is 18.5 Å². The van der Waals surface area contributed by atoms with Crippen LogP contribution in [0, 0.1) is 0 Å². The number of carboxylic acid groups (broad SMARTS) is 1. The van der Waals surface area contributed by atoms with Gasteiger partial charge in [0.1, 0.15) is 0 Å². The van der Waals surface area contributed by atoms with Crippen molar-refractivity contribution in [1.82, 2.24) is 15.5 Å². The van der Waals surface area contributed by atoms with E-state index in [1.807, 2.05) is 17.5 Å². The third-order valence-electron chi connectivity index (χ3n) is 2.38. The lowest BCUT2D eigenvalue weighted by Gasteiger charge is -2.14. The van der Waals surface area contributed by atoms with E-state index in [0.717, 1.165) is 4.88 Å². The molecule has 118 valence electrons. The van der Waals surface area contributed by atoms with Crippen molar-refractivity contribution in [3.05, 3.63) is 22.4 Å². The number of nitrogens with one attached hydrogen (secondary N) is 2. The normalized spacial score (nSPS) is 9.81. The van der Waals surface area contributed by atoms with Crippen molar-refractivity contribution >= 4 is 41.7 Å². The Bertz CT molecular complexity index is 467. The van der Waals surface area contributed by atoms with E-state index in [1.165, 1.54) is 16.2 Å². The molecule has 0 unspecified atom stereocenters. The minimum Gasteiger partial charge on any atom is -0.481 e. The van der Waals surface area contributed by atoms with Crippen LogP contribution < -0.4 is 10.6 Å². The topological polar surface area (TPSA) is 98.7 Å². The molecule has 1 aromatic heterocycles. The lowest BCUT2D eigenvalue weighted by Crippen LogP contribution is -2.43. The molecule has 0 atom stereocenters. The standard InChI is InChI=1S/C12H17N3O4S.ClH/c1-15(5-4-11(17)18)8-10(16)14-12(19)13-7-9-3-2-6-20-9;/h2-3,6H,4-5,7-8H2,1H3,(H,17,18)(H2,13,14,16,19);1H. The zero-order valence-electron chi connectivity index (χ0n) is 11.5. The summed E-state index contributed by atoms with van der Waals surface area (Å²) in [6.07, 6.45) is -0.0473. The molecule has 0 aromatic carbocycles. The van der Waals surface area contributed by atoms with Gasteiger partial charge in [0.05, 0.1) is 19.5 Å². The van der Waals surface area contributed by atoms with E-state index < -0.39 is 17.9 Å². The molecular weight excluding hydrogens is 318 g/mol. The van der Waals surface area contributed by atoms with Crippen LogP contribution in [-0.2, 0) is 16.1 Å². The van der Waals surface area contributed by atoms with Gasteiger partial charge in [-0.1, -0.05) is 6.07 Å². The molecule has 3 amide bonds. The van der Waals surface area contributed by atoms with Crippen LogP contribution in [0.2, 0.25) is 0 Å². The number of carbonyl (C=O) groups is 3. The number of amides is 3. The molecule has 0 fully saturated rings. The summed E-state index contributed by atoms with van der Waals surface area (Å²) in [6, 6.07) is 3.20. The van der Waals surface area contributed by atoms with E-state index in [9.17, 15) is 14.4 Å². The number of urea groups is 1. The fourth-order valence-corrected chi connectivity index (χ4v) is 2.05. The molecule has 0 saturated heterocycles. The molecule has 9 heteroatoms. The molecule has 0 spiro atoms. The van der Waals surface area contributed by atoms with Gasteiger partial charge in [0.2, 0.25) is 5.91 Å². The first-order valence-corrected chi connectivity index (χ1v) is 6.85. The van der Waals surface area contributed by atoms with Gasteiger partial charge < -0.3 is 10.4 Å². The third kappa shape index (κ3) is 9.01. The number of likely N-dealkylation sites (N-methyl/N-ethyl adjacent to an activating group) is 1. The van der Waals surface area contributed by atoms with Crippen molar-refractivity contribution in [2.24, 2.45) is 0 Å². The number of imide groups is 1. The highest BCUT2D eigenvalue weighted by Gasteiger charge is 2.11. The van der Waals surface area contributed by atoms with Crippen molar-refractivity contribution in [3.8, 4) is 0 Å². The van der Waals surface area contributed by atoms with Crippen molar-refractivity contribution in [3.63, 3.8) is 0 Å². The summed E-state index contributed by atoms with van der Waals surface area (Å²) in [5.74, 6) is -1.40. The van der Waals surface area contributed by atoms with Crippen LogP contribution in [0.25, 0.3) is 0 Å². The molecule has 0 aliphatic heterocycles. The van der Waals surface area contributed by atoms with Crippen LogP contribution in [0.15, 0.2) is 17.5 Å². The smallest absolute Gasteiger partial charge is 0.321 e. The Hall–Kier alpha value is -1.64. The number of halogens is 1. The second-order valence-corrected chi connectivity index (χ2v) is 5.22. The second-order valence-electron chi connectivity index (χ2n) is 4.19. The summed E-state index contributed by atoms with van der Waals surface area (Å²) >= 11 is 1.51. The largest absolute Gasteiger partial charge is 0.481 e. The van der Waals surface area contributed by atoms with E-state index >= 15 is 0 Å². The van der Waals surface area contributed by atoms with E-state index in [-0.39, 0.29) is 31.9 Å². The van der Waals surface area contributed by atoms with Crippen LogP contribution in [0.5, 0.6) is 0 Å². The van der Waals surface area contributed by atoms with Crippen LogP contribution in [0.1, 0.15) is 11.3 Å². The Morgan fingerprint density at radius 3 is 2.67 bits per heavy atom. The number of hydrogen-bond acceptors (Lipinski definition) is 5. The lowest BCUT2D eigenvalue weighted by molar-refractivity contribution is -0.137. The maximum absolute atomic E-state index is 11.5. The predicted molar refractivity (Wildman–Crippen MR) is 81.7 cm³/mol. The van der Waals surface area contributed by atoms with E-state index in [4.69, 9.17) is 5.11 Å². The minimum atomic E-state index is -0.925. The van der Waals surface area contributed by atoms with Crippen molar-refractivity contribution < 1.29 is 19.5 Å². The number of rotatable bonds is 7. The molecule has 21 heavy (non-hydrogen) atoms. The minimum absolute atomic E-state index is 0. The monoisotopic (exact) mass is 335 g/mol. The summed E-state index contributed by atoms with van der Waals surface area (Å²) in [7, 11) is 1.62. The Balaban J connectivity index is 0.00000400. The molecule has 0 aliphatic carbocycles. The molecule has 3 N–H and O–H groups in total. The number of nitrogens with zero attached hydrogens (tertiary/aromatic N) is 1. The Labute approximate surface area is 132 Å². The number of hydrogen-bond donors (Lipinski definition) is 3. The van der Waals surface area contributed by atoms with E-state index in [2.05, 4.69) is 10.6 Å². The van der Waals surface area contributed by atoms with Crippen LogP contribution in [-0.4, -0.2) is 48.1 Å². The first-order chi connectivity index (χ1) is 9.47. The van der Waals surface area contributed by atoms with Crippen LogP contribution in [0.4, 0.5) is 4.79 Å². The van der Waals surface area contributed by atoms with Crippen LogP contribution >= 0.6 is 23.7 Å². The summed E-state index contributed by atoms with van der Waals surface area (Å²) in [4.78, 5) is 35.9. The average molecular weight is 336 g/mol. The summed E-state index contributed by atoms with van der Waals surface area (Å²) in [5, 5.41) is 15.2. The number of thiophene rings is 1. The maximum atomic E-state index is 11.5. The Kier molecular flexibility index (Phi) is 9.35. The second kappa shape index (κ2) is 10.1. The van der Waals surface area contributed by atoms with Crippen molar-refractivity contribution in [1.29, 1.82) is 0 Å². The van der Waals surface area contributed by atoms with Gasteiger partial charge in [0, 0.05) is 11.4 Å². The lowest BCUT2D eigenvalue weighted by atomic mass is 10.4. The SMILES string of the molecule is CN(CCC(=O)O)CC(=O)NC(=O)NCc1cccs1.Cl. The third-order valence-corrected chi connectivity index (χ3v) is 3.25. The van der Waals surface area contributed by atoms with E-state index in [1.54, 1.807) is 7.05 Å². The summed E-state index contributed by atoms with van der Waals surface area (Å²) in [6.45, 7) is 0.588. The van der Waals surface area contributed by atoms with Crippen molar-refractivity contribution in [2.45, 2.75) is 13.0 Å². The highest BCUT2D eigenvalue weighted by molar-refractivity contribution is 7.09. The van der Waals surface area contributed by atoms with Gasteiger partial charge in [-0.3, -0.25) is 19.8 Å². The van der Waals surface area contributed by atoms with Crippen LogP contribution in [0.3, 0.4) is 0 Å². The van der Waals surface area contributed by atoms with Gasteiger partial charge in [0.15, 0.2) is 0 Å². The van der Waals surface area contributed by atoms with E-state index in [0.29, 0.717) is 6.54 Å². The number of carbonyl (C=O) groups excluding carboxylic acids is 2. The highest BCUT2D eigenvalue weighted by Crippen LogP contribution is 2.06. The number of aliphatic carboxylic acids is 1. The fraction of sp³-hybridized carbons (Fsp3) is 0.417. The molecule has 0 aliphatic rings. The average Bonchev–Trinajstić information content (AvgIpc) is 2.86.